The molecule has 0 saturated carbocycles. The molecule has 1 aromatic carbocycles. The van der Waals surface area contributed by atoms with Crippen LogP contribution < -0.4 is 4.90 Å². The van der Waals surface area contributed by atoms with Gasteiger partial charge in [-0.2, -0.15) is 0 Å². The molecular weight excluding hydrogens is 222 g/mol. The molecule has 0 fully saturated rings. The topological polar surface area (TPSA) is 24.7 Å². The van der Waals surface area contributed by atoms with Crippen LogP contribution in [0.2, 0.25) is 0 Å². The molecule has 0 amide bonds. The van der Waals surface area contributed by atoms with Gasteiger partial charge in [-0.3, -0.25) is 0 Å². The molecule has 2 nitrogen and oxygen atoms in total. The summed E-state index contributed by atoms with van der Waals surface area (Å²) >= 11 is 0. The van der Waals surface area contributed by atoms with Crippen LogP contribution in [-0.2, 0) is 6.54 Å². The largest absolute Gasteiger partial charge is 0.378 e. The monoisotopic (exact) mass is 246 g/mol. The van der Waals surface area contributed by atoms with Crippen LogP contribution in [0, 0.1) is 11.8 Å². The summed E-state index contributed by atoms with van der Waals surface area (Å²) in [7, 11) is 0. The van der Waals surface area contributed by atoms with Crippen LogP contribution in [-0.4, -0.2) is 23.3 Å². The van der Waals surface area contributed by atoms with Gasteiger partial charge in [0, 0.05) is 5.56 Å². The van der Waals surface area contributed by atoms with Crippen LogP contribution in [0.1, 0.15) is 33.3 Å². The third-order valence-electron chi connectivity index (χ3n) is 2.80. The summed E-state index contributed by atoms with van der Waals surface area (Å²) in [5, 5.41) is 9.58. The second-order valence-electron chi connectivity index (χ2n) is 5.51. The fourth-order valence-electron chi connectivity index (χ4n) is 1.70. The maximum absolute atomic E-state index is 9.58. The molecule has 1 aromatic rings. The van der Waals surface area contributed by atoms with Crippen molar-refractivity contribution in [2.45, 2.75) is 45.9 Å². The van der Waals surface area contributed by atoms with Crippen molar-refractivity contribution >= 4 is 0 Å². The zero-order chi connectivity index (χ0) is 13.6. The molecule has 1 rings (SSSR count). The first kappa shape index (κ1) is 14.8. The van der Waals surface area contributed by atoms with Gasteiger partial charge in [-0.15, -0.1) is 0 Å². The van der Waals surface area contributed by atoms with Crippen molar-refractivity contribution in [3.8, 4) is 11.8 Å². The van der Waals surface area contributed by atoms with Crippen LogP contribution in [0.4, 0.5) is 0 Å². The summed E-state index contributed by atoms with van der Waals surface area (Å²) in [5.74, 6) is 5.97. The number of hydrogen-bond acceptors (Lipinski definition) is 1. The molecule has 0 spiro atoms. The van der Waals surface area contributed by atoms with Crippen LogP contribution in [0.3, 0.4) is 0 Å². The number of quaternary nitrogens is 1. The zero-order valence-corrected chi connectivity index (χ0v) is 11.8. The lowest BCUT2D eigenvalue weighted by Crippen LogP contribution is -3.13. The molecule has 0 saturated heterocycles. The summed E-state index contributed by atoms with van der Waals surface area (Å²) in [4.78, 5) is 1.41. The fraction of sp³-hybridized carbons (Fsp3) is 0.500. The van der Waals surface area contributed by atoms with Gasteiger partial charge in [0.15, 0.2) is 0 Å². The standard InChI is InChI=1S/C16H23NO/c1-14(2)17(12-8-11-16(3,4)18)13-15-9-6-5-7-10-15/h5-7,9-10,14,18H,12-13H2,1-4H3/p+1. The molecule has 0 aliphatic carbocycles. The zero-order valence-electron chi connectivity index (χ0n) is 11.8. The van der Waals surface area contributed by atoms with E-state index in [0.717, 1.165) is 13.1 Å². The molecule has 0 radical (unpaired) electrons. The van der Waals surface area contributed by atoms with E-state index in [4.69, 9.17) is 0 Å². The van der Waals surface area contributed by atoms with Gasteiger partial charge in [0.1, 0.15) is 18.7 Å². The lowest BCUT2D eigenvalue weighted by atomic mass is 10.1. The van der Waals surface area contributed by atoms with Crippen LogP contribution in [0.15, 0.2) is 30.3 Å². The highest BCUT2D eigenvalue weighted by Gasteiger charge is 2.13. The van der Waals surface area contributed by atoms with Gasteiger partial charge in [0.2, 0.25) is 0 Å². The van der Waals surface area contributed by atoms with E-state index in [1.807, 2.05) is 6.07 Å². The van der Waals surface area contributed by atoms with Crippen molar-refractivity contribution in [2.75, 3.05) is 6.54 Å². The minimum atomic E-state index is -0.894. The lowest BCUT2D eigenvalue weighted by Gasteiger charge is -2.21. The number of hydrogen-bond donors (Lipinski definition) is 2. The summed E-state index contributed by atoms with van der Waals surface area (Å²) in [6, 6.07) is 11.0. The minimum absolute atomic E-state index is 0.515. The Bertz CT molecular complexity index is 406. The van der Waals surface area contributed by atoms with Crippen molar-refractivity contribution in [3.63, 3.8) is 0 Å². The molecule has 2 heteroatoms. The Morgan fingerprint density at radius 1 is 1.22 bits per heavy atom. The van der Waals surface area contributed by atoms with Crippen molar-refractivity contribution < 1.29 is 10.0 Å². The minimum Gasteiger partial charge on any atom is -0.378 e. The van der Waals surface area contributed by atoms with E-state index >= 15 is 0 Å². The van der Waals surface area contributed by atoms with Crippen molar-refractivity contribution in [1.29, 1.82) is 0 Å². The molecule has 0 aliphatic rings. The molecule has 0 bridgehead atoms. The van der Waals surface area contributed by atoms with Gasteiger partial charge >= 0.3 is 0 Å². The summed E-state index contributed by atoms with van der Waals surface area (Å²) in [6.07, 6.45) is 0. The molecule has 0 aromatic heterocycles. The molecule has 1 unspecified atom stereocenters. The van der Waals surface area contributed by atoms with Crippen molar-refractivity contribution in [3.05, 3.63) is 35.9 Å². The summed E-state index contributed by atoms with van der Waals surface area (Å²) in [5.41, 5.74) is 0.431. The van der Waals surface area contributed by atoms with E-state index in [1.165, 1.54) is 10.5 Å². The molecule has 0 aliphatic heterocycles. The quantitative estimate of drug-likeness (QED) is 0.768. The Labute approximate surface area is 111 Å². The molecular formula is C16H24NO+. The smallest absolute Gasteiger partial charge is 0.139 e. The lowest BCUT2D eigenvalue weighted by molar-refractivity contribution is -0.928. The maximum atomic E-state index is 9.58. The SMILES string of the molecule is CC(C)[NH+](CC#CC(C)(C)O)Cc1ccccc1. The highest BCUT2D eigenvalue weighted by Crippen LogP contribution is 1.97. The normalized spacial score (nSPS) is 13.0. The third-order valence-corrected chi connectivity index (χ3v) is 2.80. The van der Waals surface area contributed by atoms with E-state index in [2.05, 4.69) is 50.0 Å². The number of benzene rings is 1. The summed E-state index contributed by atoms with van der Waals surface area (Å²) < 4.78 is 0. The average molecular weight is 246 g/mol. The van der Waals surface area contributed by atoms with Gasteiger partial charge in [-0.05, 0) is 33.6 Å². The van der Waals surface area contributed by atoms with E-state index in [-0.39, 0.29) is 0 Å². The van der Waals surface area contributed by atoms with E-state index in [9.17, 15) is 5.11 Å². The van der Waals surface area contributed by atoms with E-state index in [0.29, 0.717) is 6.04 Å². The van der Waals surface area contributed by atoms with Crippen molar-refractivity contribution in [2.24, 2.45) is 0 Å². The first-order chi connectivity index (χ1) is 8.38. The first-order valence-corrected chi connectivity index (χ1v) is 6.49. The highest BCUT2D eigenvalue weighted by atomic mass is 16.3. The Morgan fingerprint density at radius 3 is 2.33 bits per heavy atom. The third kappa shape index (κ3) is 5.86. The summed E-state index contributed by atoms with van der Waals surface area (Å²) in [6.45, 7) is 9.56. The molecule has 98 valence electrons. The fourth-order valence-corrected chi connectivity index (χ4v) is 1.70. The number of rotatable bonds is 4. The average Bonchev–Trinajstić information content (AvgIpc) is 2.27. The van der Waals surface area contributed by atoms with Crippen LogP contribution >= 0.6 is 0 Å². The van der Waals surface area contributed by atoms with Gasteiger partial charge in [0.25, 0.3) is 0 Å². The molecule has 1 atom stereocenters. The second kappa shape index (κ2) is 6.58. The molecule has 2 N–H and O–H groups in total. The van der Waals surface area contributed by atoms with Gasteiger partial charge in [-0.1, -0.05) is 36.3 Å². The second-order valence-corrected chi connectivity index (χ2v) is 5.51. The molecule has 0 heterocycles. The Morgan fingerprint density at radius 2 is 1.83 bits per heavy atom. The van der Waals surface area contributed by atoms with Gasteiger partial charge < -0.3 is 10.0 Å². The predicted molar refractivity (Wildman–Crippen MR) is 75.2 cm³/mol. The van der Waals surface area contributed by atoms with E-state index in [1.54, 1.807) is 13.8 Å². The van der Waals surface area contributed by atoms with Crippen molar-refractivity contribution in [1.82, 2.24) is 0 Å². The van der Waals surface area contributed by atoms with Crippen LogP contribution in [0.5, 0.6) is 0 Å². The number of aliphatic hydroxyl groups is 1. The Kier molecular flexibility index (Phi) is 5.40. The maximum Gasteiger partial charge on any atom is 0.139 e. The Balaban J connectivity index is 2.64. The molecule has 18 heavy (non-hydrogen) atoms. The van der Waals surface area contributed by atoms with Gasteiger partial charge in [-0.25, -0.2) is 0 Å². The highest BCUT2D eigenvalue weighted by molar-refractivity contribution is 5.13. The predicted octanol–water partition coefficient (Wildman–Crippen LogP) is 1.25. The number of nitrogens with one attached hydrogen (secondary N) is 1. The first-order valence-electron chi connectivity index (χ1n) is 6.49. The Hall–Kier alpha value is -1.30. The van der Waals surface area contributed by atoms with Gasteiger partial charge in [0.05, 0.1) is 6.04 Å². The van der Waals surface area contributed by atoms with E-state index < -0.39 is 5.60 Å². The van der Waals surface area contributed by atoms with Crippen LogP contribution in [0.25, 0.3) is 0 Å².